The van der Waals surface area contributed by atoms with E-state index in [1.807, 2.05) is 29.9 Å². The van der Waals surface area contributed by atoms with Crippen molar-refractivity contribution in [2.45, 2.75) is 0 Å². The second-order valence-electron chi connectivity index (χ2n) is 3.02. The predicted octanol–water partition coefficient (Wildman–Crippen LogP) is 2.40. The highest BCUT2D eigenvalue weighted by atomic mass is 127. The van der Waals surface area contributed by atoms with Crippen molar-refractivity contribution in [3.05, 3.63) is 34.3 Å². The van der Waals surface area contributed by atoms with Gasteiger partial charge in [0.15, 0.2) is 3.83 Å². The highest BCUT2D eigenvalue weighted by Gasteiger charge is 2.05. The van der Waals surface area contributed by atoms with Crippen LogP contribution in [0.1, 0.15) is 0 Å². The van der Waals surface area contributed by atoms with Crippen LogP contribution in [0.25, 0.3) is 11.3 Å². The fraction of sp³-hybridized carbons (Fsp3) is 0.100. The fourth-order valence-corrected chi connectivity index (χ4v) is 1.69. The zero-order valence-corrected chi connectivity index (χ0v) is 9.76. The van der Waals surface area contributed by atoms with Gasteiger partial charge in [-0.1, -0.05) is 0 Å². The summed E-state index contributed by atoms with van der Waals surface area (Å²) in [4.78, 5) is 4.20. The molecule has 0 spiro atoms. The van der Waals surface area contributed by atoms with Crippen LogP contribution in [0.2, 0.25) is 0 Å². The minimum Gasteiger partial charge on any atom is -0.508 e. The number of rotatable bonds is 1. The van der Waals surface area contributed by atoms with Crippen LogP contribution in [-0.2, 0) is 7.05 Å². The van der Waals surface area contributed by atoms with Gasteiger partial charge in [-0.05, 0) is 46.9 Å². The lowest BCUT2D eigenvalue weighted by molar-refractivity contribution is 0.475. The molecule has 0 amide bonds. The predicted molar refractivity (Wildman–Crippen MR) is 63.0 cm³/mol. The molecule has 2 rings (SSSR count). The molecular formula is C10H9IN2O. The summed E-state index contributed by atoms with van der Waals surface area (Å²) in [5.41, 5.74) is 2.11. The van der Waals surface area contributed by atoms with Crippen LogP contribution in [0.4, 0.5) is 0 Å². The van der Waals surface area contributed by atoms with E-state index in [4.69, 9.17) is 5.11 Å². The third kappa shape index (κ3) is 1.61. The van der Waals surface area contributed by atoms with Crippen LogP contribution >= 0.6 is 22.6 Å². The Labute approximate surface area is 95.5 Å². The van der Waals surface area contributed by atoms with Crippen molar-refractivity contribution in [2.75, 3.05) is 0 Å². The van der Waals surface area contributed by atoms with E-state index in [0.717, 1.165) is 15.1 Å². The second kappa shape index (κ2) is 3.61. The Bertz CT molecular complexity index is 448. The van der Waals surface area contributed by atoms with Crippen LogP contribution in [0.15, 0.2) is 30.5 Å². The molecular weight excluding hydrogens is 291 g/mol. The second-order valence-corrected chi connectivity index (χ2v) is 3.98. The molecule has 0 aliphatic carbocycles. The van der Waals surface area contributed by atoms with Crippen LogP contribution < -0.4 is 0 Å². The van der Waals surface area contributed by atoms with Crippen LogP contribution in [0.3, 0.4) is 0 Å². The molecule has 0 radical (unpaired) electrons. The number of hydrogen-bond donors (Lipinski definition) is 1. The van der Waals surface area contributed by atoms with Gasteiger partial charge in [0, 0.05) is 12.6 Å². The molecule has 1 aromatic carbocycles. The van der Waals surface area contributed by atoms with Gasteiger partial charge in [-0.3, -0.25) is 0 Å². The molecule has 72 valence electrons. The summed E-state index contributed by atoms with van der Waals surface area (Å²) in [5, 5.41) is 9.15. The van der Waals surface area contributed by atoms with Crippen molar-refractivity contribution in [2.24, 2.45) is 7.05 Å². The molecule has 3 nitrogen and oxygen atoms in total. The first-order chi connectivity index (χ1) is 6.68. The summed E-state index contributed by atoms with van der Waals surface area (Å²) in [6.45, 7) is 0. The van der Waals surface area contributed by atoms with Crippen molar-refractivity contribution < 1.29 is 5.11 Å². The van der Waals surface area contributed by atoms with Crippen molar-refractivity contribution in [1.82, 2.24) is 9.55 Å². The number of imidazole rings is 1. The Kier molecular flexibility index (Phi) is 2.45. The third-order valence-corrected chi connectivity index (χ3v) is 3.10. The van der Waals surface area contributed by atoms with E-state index in [2.05, 4.69) is 27.6 Å². The molecule has 4 heteroatoms. The van der Waals surface area contributed by atoms with Crippen molar-refractivity contribution in [3.63, 3.8) is 0 Å². The van der Waals surface area contributed by atoms with E-state index < -0.39 is 0 Å². The molecule has 0 fully saturated rings. The Balaban J connectivity index is 2.49. The molecule has 0 unspecified atom stereocenters. The third-order valence-electron chi connectivity index (χ3n) is 2.09. The van der Waals surface area contributed by atoms with Gasteiger partial charge >= 0.3 is 0 Å². The summed E-state index contributed by atoms with van der Waals surface area (Å²) in [6.07, 6.45) is 1.83. The molecule has 0 bridgehead atoms. The Morgan fingerprint density at radius 3 is 2.43 bits per heavy atom. The fourth-order valence-electron chi connectivity index (χ4n) is 1.29. The Morgan fingerprint density at radius 2 is 1.93 bits per heavy atom. The lowest BCUT2D eigenvalue weighted by atomic mass is 10.1. The molecule has 0 atom stereocenters. The smallest absolute Gasteiger partial charge is 0.171 e. The van der Waals surface area contributed by atoms with Gasteiger partial charge in [-0.25, -0.2) is 4.98 Å². The van der Waals surface area contributed by atoms with Gasteiger partial charge in [-0.15, -0.1) is 0 Å². The highest BCUT2D eigenvalue weighted by molar-refractivity contribution is 14.1. The zero-order chi connectivity index (χ0) is 10.1. The average molecular weight is 300 g/mol. The normalized spacial score (nSPS) is 10.4. The molecule has 0 aliphatic heterocycles. The first kappa shape index (κ1) is 9.51. The number of phenolic OH excluding ortho intramolecular Hbond substituents is 1. The number of aromatic nitrogens is 2. The molecule has 1 N–H and O–H groups in total. The summed E-state index contributed by atoms with van der Waals surface area (Å²) >= 11 is 2.18. The Morgan fingerprint density at radius 1 is 1.29 bits per heavy atom. The minimum absolute atomic E-state index is 0.283. The number of benzene rings is 1. The molecule has 0 aliphatic rings. The standard InChI is InChI=1S/C10H9IN2O/c1-13-9(6-12-10(13)11)7-2-4-8(14)5-3-7/h2-6,14H,1H3. The molecule has 2 aromatic rings. The van der Waals surface area contributed by atoms with Gasteiger partial charge in [-0.2, -0.15) is 0 Å². The van der Waals surface area contributed by atoms with E-state index >= 15 is 0 Å². The number of halogens is 1. The lowest BCUT2D eigenvalue weighted by Gasteiger charge is -2.02. The molecule has 14 heavy (non-hydrogen) atoms. The van der Waals surface area contributed by atoms with Crippen LogP contribution in [0, 0.1) is 3.83 Å². The monoisotopic (exact) mass is 300 g/mol. The lowest BCUT2D eigenvalue weighted by Crippen LogP contribution is -1.93. The van der Waals surface area contributed by atoms with Gasteiger partial charge in [0.2, 0.25) is 0 Å². The SMILES string of the molecule is Cn1c(-c2ccc(O)cc2)cnc1I. The maximum atomic E-state index is 9.15. The van der Waals surface area contributed by atoms with E-state index in [9.17, 15) is 0 Å². The molecule has 0 saturated heterocycles. The summed E-state index contributed by atoms with van der Waals surface area (Å²) < 4.78 is 2.96. The minimum atomic E-state index is 0.283. The van der Waals surface area contributed by atoms with Gasteiger partial charge in [0.1, 0.15) is 5.75 Å². The number of hydrogen-bond acceptors (Lipinski definition) is 2. The highest BCUT2D eigenvalue weighted by Crippen LogP contribution is 2.22. The van der Waals surface area contributed by atoms with Crippen molar-refractivity contribution in [3.8, 4) is 17.0 Å². The zero-order valence-electron chi connectivity index (χ0n) is 7.61. The number of phenols is 1. The van der Waals surface area contributed by atoms with E-state index in [0.29, 0.717) is 0 Å². The van der Waals surface area contributed by atoms with E-state index in [1.165, 1.54) is 0 Å². The quantitative estimate of drug-likeness (QED) is 0.821. The Hall–Kier alpha value is -1.04. The molecule has 1 heterocycles. The van der Waals surface area contributed by atoms with Gasteiger partial charge < -0.3 is 9.67 Å². The maximum absolute atomic E-state index is 9.15. The van der Waals surface area contributed by atoms with E-state index in [-0.39, 0.29) is 5.75 Å². The van der Waals surface area contributed by atoms with Gasteiger partial charge in [0.25, 0.3) is 0 Å². The topological polar surface area (TPSA) is 38.0 Å². The van der Waals surface area contributed by atoms with Crippen molar-refractivity contribution in [1.29, 1.82) is 0 Å². The van der Waals surface area contributed by atoms with Gasteiger partial charge in [0.05, 0.1) is 11.9 Å². The van der Waals surface area contributed by atoms with Crippen molar-refractivity contribution >= 4 is 22.6 Å². The first-order valence-corrected chi connectivity index (χ1v) is 5.23. The summed E-state index contributed by atoms with van der Waals surface area (Å²) in [6, 6.07) is 7.11. The first-order valence-electron chi connectivity index (χ1n) is 4.15. The average Bonchev–Trinajstić information content (AvgIpc) is 2.50. The largest absolute Gasteiger partial charge is 0.508 e. The molecule has 0 saturated carbocycles. The summed E-state index contributed by atoms with van der Waals surface area (Å²) in [7, 11) is 1.97. The van der Waals surface area contributed by atoms with Crippen LogP contribution in [0.5, 0.6) is 5.75 Å². The van der Waals surface area contributed by atoms with Crippen LogP contribution in [-0.4, -0.2) is 14.7 Å². The summed E-state index contributed by atoms with van der Waals surface area (Å²) in [5.74, 6) is 0.283. The molecule has 1 aromatic heterocycles. The number of nitrogens with zero attached hydrogens (tertiary/aromatic N) is 2. The number of aromatic hydroxyl groups is 1. The maximum Gasteiger partial charge on any atom is 0.171 e. The van der Waals surface area contributed by atoms with E-state index in [1.54, 1.807) is 12.1 Å².